The Morgan fingerprint density at radius 3 is 2.58 bits per heavy atom. The van der Waals surface area contributed by atoms with Crippen molar-refractivity contribution < 1.29 is 0 Å². The predicted octanol–water partition coefficient (Wildman–Crippen LogP) is 3.25. The van der Waals surface area contributed by atoms with Crippen molar-refractivity contribution in [1.29, 1.82) is 0 Å². The van der Waals surface area contributed by atoms with Crippen LogP contribution in [-0.2, 0) is 7.05 Å². The lowest BCUT2D eigenvalue weighted by Crippen LogP contribution is -2.26. The van der Waals surface area contributed by atoms with Crippen LogP contribution in [0.4, 0.5) is 0 Å². The summed E-state index contributed by atoms with van der Waals surface area (Å²) in [5.74, 6) is 0. The van der Waals surface area contributed by atoms with Gasteiger partial charge < -0.3 is 5.32 Å². The van der Waals surface area contributed by atoms with Gasteiger partial charge in [0.15, 0.2) is 0 Å². The zero-order valence-electron chi connectivity index (χ0n) is 11.7. The van der Waals surface area contributed by atoms with Crippen LogP contribution in [0.1, 0.15) is 24.9 Å². The molecule has 0 saturated carbocycles. The Morgan fingerprint density at radius 2 is 2.05 bits per heavy atom. The fourth-order valence-corrected chi connectivity index (χ4v) is 3.52. The van der Waals surface area contributed by atoms with E-state index in [1.165, 1.54) is 10.5 Å². The van der Waals surface area contributed by atoms with Gasteiger partial charge in [-0.2, -0.15) is 5.10 Å². The molecule has 0 bridgehead atoms. The van der Waals surface area contributed by atoms with E-state index in [1.54, 1.807) is 0 Å². The molecule has 2 rings (SSSR count). The average Bonchev–Trinajstić information content (AvgIpc) is 2.85. The highest BCUT2D eigenvalue weighted by Crippen LogP contribution is 2.33. The predicted molar refractivity (Wildman–Crippen MR) is 81.4 cm³/mol. The fraction of sp³-hybridized carbons (Fsp3) is 0.400. The molecule has 0 aliphatic rings. The molecule has 2 atom stereocenters. The minimum Gasteiger partial charge on any atom is -0.312 e. The lowest BCUT2D eigenvalue weighted by molar-refractivity contribution is 0.556. The summed E-state index contributed by atoms with van der Waals surface area (Å²) in [7, 11) is 3.99. The summed E-state index contributed by atoms with van der Waals surface area (Å²) >= 11 is 1.89. The molecule has 0 aliphatic heterocycles. The number of hydrogen-bond acceptors (Lipinski definition) is 3. The van der Waals surface area contributed by atoms with Crippen molar-refractivity contribution in [2.45, 2.75) is 29.5 Å². The molecule has 1 aromatic heterocycles. The summed E-state index contributed by atoms with van der Waals surface area (Å²) < 4.78 is 1.85. The Hall–Kier alpha value is -1.26. The van der Waals surface area contributed by atoms with Crippen LogP contribution in [0.15, 0.2) is 47.6 Å². The second-order valence-electron chi connectivity index (χ2n) is 4.59. The van der Waals surface area contributed by atoms with Crippen molar-refractivity contribution in [2.24, 2.45) is 7.05 Å². The molecular weight excluding hydrogens is 254 g/mol. The molecule has 102 valence electrons. The van der Waals surface area contributed by atoms with E-state index in [9.17, 15) is 0 Å². The largest absolute Gasteiger partial charge is 0.312 e. The van der Waals surface area contributed by atoms with Crippen LogP contribution in [0.2, 0.25) is 0 Å². The monoisotopic (exact) mass is 275 g/mol. The first-order chi connectivity index (χ1) is 9.24. The molecule has 4 heteroatoms. The van der Waals surface area contributed by atoms with E-state index in [0.29, 0.717) is 11.3 Å². The summed E-state index contributed by atoms with van der Waals surface area (Å²) in [5, 5.41) is 8.18. The molecule has 0 fully saturated rings. The van der Waals surface area contributed by atoms with Crippen molar-refractivity contribution >= 4 is 11.8 Å². The van der Waals surface area contributed by atoms with Crippen molar-refractivity contribution in [2.75, 3.05) is 7.05 Å². The standard InChI is InChI=1S/C15H21N3S/c1-4-14(19-13-10-17-18(3)11-13)15(16-2)12-8-6-5-7-9-12/h5-11,14-16H,4H2,1-3H3. The van der Waals surface area contributed by atoms with Gasteiger partial charge >= 0.3 is 0 Å². The van der Waals surface area contributed by atoms with Crippen molar-refractivity contribution in [3.63, 3.8) is 0 Å². The van der Waals surface area contributed by atoms with Gasteiger partial charge in [-0.15, -0.1) is 11.8 Å². The number of nitrogens with zero attached hydrogens (tertiary/aromatic N) is 2. The third-order valence-corrected chi connectivity index (χ3v) is 4.60. The molecule has 0 aliphatic carbocycles. The molecule has 1 aromatic carbocycles. The first kappa shape index (κ1) is 14.2. The normalized spacial score (nSPS) is 14.3. The smallest absolute Gasteiger partial charge is 0.0625 e. The highest BCUT2D eigenvalue weighted by molar-refractivity contribution is 8.00. The SMILES string of the molecule is CCC(Sc1cnn(C)c1)C(NC)c1ccccc1. The zero-order valence-corrected chi connectivity index (χ0v) is 12.5. The fourth-order valence-electron chi connectivity index (χ4n) is 2.25. The van der Waals surface area contributed by atoms with E-state index in [2.05, 4.69) is 53.9 Å². The number of aryl methyl sites for hydroxylation is 1. The van der Waals surface area contributed by atoms with Crippen LogP contribution < -0.4 is 5.32 Å². The van der Waals surface area contributed by atoms with E-state index in [-0.39, 0.29) is 0 Å². The zero-order chi connectivity index (χ0) is 13.7. The van der Waals surface area contributed by atoms with E-state index in [4.69, 9.17) is 0 Å². The summed E-state index contributed by atoms with van der Waals surface area (Å²) in [6, 6.07) is 11.0. The second kappa shape index (κ2) is 6.78. The second-order valence-corrected chi connectivity index (χ2v) is 5.90. The maximum Gasteiger partial charge on any atom is 0.0625 e. The molecule has 0 amide bonds. The Bertz CT molecular complexity index is 495. The maximum absolute atomic E-state index is 4.24. The molecule has 2 unspecified atom stereocenters. The Morgan fingerprint density at radius 1 is 1.32 bits per heavy atom. The molecular formula is C15H21N3S. The molecule has 0 spiro atoms. The van der Waals surface area contributed by atoms with Crippen LogP contribution >= 0.6 is 11.8 Å². The van der Waals surface area contributed by atoms with Crippen LogP contribution in [0.25, 0.3) is 0 Å². The average molecular weight is 275 g/mol. The van der Waals surface area contributed by atoms with Crippen LogP contribution in [0.3, 0.4) is 0 Å². The van der Waals surface area contributed by atoms with Crippen LogP contribution in [0, 0.1) is 0 Å². The van der Waals surface area contributed by atoms with Crippen molar-refractivity contribution in [3.05, 3.63) is 48.3 Å². The van der Waals surface area contributed by atoms with E-state index < -0.39 is 0 Å². The van der Waals surface area contributed by atoms with Gasteiger partial charge in [0.2, 0.25) is 0 Å². The van der Waals surface area contributed by atoms with Crippen LogP contribution in [-0.4, -0.2) is 22.1 Å². The van der Waals surface area contributed by atoms with Crippen molar-refractivity contribution in [1.82, 2.24) is 15.1 Å². The third-order valence-electron chi connectivity index (χ3n) is 3.21. The number of benzene rings is 1. The molecule has 0 radical (unpaired) electrons. The van der Waals surface area contributed by atoms with Gasteiger partial charge in [0.1, 0.15) is 0 Å². The molecule has 1 N–H and O–H groups in total. The first-order valence-electron chi connectivity index (χ1n) is 6.62. The summed E-state index contributed by atoms with van der Waals surface area (Å²) in [4.78, 5) is 1.23. The number of nitrogens with one attached hydrogen (secondary N) is 1. The lowest BCUT2D eigenvalue weighted by atomic mass is 10.0. The van der Waals surface area contributed by atoms with E-state index >= 15 is 0 Å². The Labute approximate surface area is 119 Å². The van der Waals surface area contributed by atoms with Crippen LogP contribution in [0.5, 0.6) is 0 Å². The third kappa shape index (κ3) is 3.61. The Kier molecular flexibility index (Phi) is 5.05. The van der Waals surface area contributed by atoms with Gasteiger partial charge in [-0.3, -0.25) is 4.68 Å². The summed E-state index contributed by atoms with van der Waals surface area (Å²) in [6.07, 6.45) is 5.12. The molecule has 1 heterocycles. The minimum atomic E-state index is 0.358. The van der Waals surface area contributed by atoms with Gasteiger partial charge in [-0.25, -0.2) is 0 Å². The molecule has 2 aromatic rings. The van der Waals surface area contributed by atoms with Gasteiger partial charge in [-0.1, -0.05) is 37.3 Å². The summed E-state index contributed by atoms with van der Waals surface area (Å²) in [6.45, 7) is 2.24. The minimum absolute atomic E-state index is 0.358. The topological polar surface area (TPSA) is 29.9 Å². The maximum atomic E-state index is 4.24. The number of rotatable bonds is 6. The van der Waals surface area contributed by atoms with Gasteiger partial charge in [0, 0.05) is 29.4 Å². The molecule has 0 saturated heterocycles. The number of aromatic nitrogens is 2. The van der Waals surface area contributed by atoms with Crippen molar-refractivity contribution in [3.8, 4) is 0 Å². The molecule has 3 nitrogen and oxygen atoms in total. The quantitative estimate of drug-likeness (QED) is 0.821. The van der Waals surface area contributed by atoms with E-state index in [1.807, 2.05) is 36.7 Å². The summed E-state index contributed by atoms with van der Waals surface area (Å²) in [5.41, 5.74) is 1.34. The number of hydrogen-bond donors (Lipinski definition) is 1. The van der Waals surface area contributed by atoms with Gasteiger partial charge in [-0.05, 0) is 19.0 Å². The molecule has 19 heavy (non-hydrogen) atoms. The number of thioether (sulfide) groups is 1. The first-order valence-corrected chi connectivity index (χ1v) is 7.50. The van der Waals surface area contributed by atoms with Gasteiger partial charge in [0.25, 0.3) is 0 Å². The van der Waals surface area contributed by atoms with E-state index in [0.717, 1.165) is 6.42 Å². The Balaban J connectivity index is 2.15. The highest BCUT2D eigenvalue weighted by Gasteiger charge is 2.21. The lowest BCUT2D eigenvalue weighted by Gasteiger charge is -2.25. The highest BCUT2D eigenvalue weighted by atomic mass is 32.2. The van der Waals surface area contributed by atoms with Gasteiger partial charge in [0.05, 0.1) is 6.20 Å².